The molecule has 2 aromatic carbocycles. The normalized spacial score (nSPS) is 12.6. The van der Waals surface area contributed by atoms with Gasteiger partial charge in [0.1, 0.15) is 5.75 Å². The smallest absolute Gasteiger partial charge is 0.748 e. The molecule has 0 aliphatic rings. The number of benzene rings is 2. The van der Waals surface area contributed by atoms with Crippen molar-refractivity contribution >= 4 is 53.8 Å². The van der Waals surface area contributed by atoms with Crippen LogP contribution >= 0.6 is 27.3 Å². The predicted octanol–water partition coefficient (Wildman–Crippen LogP) is 0.0450. The third kappa shape index (κ3) is 6.24. The molecule has 0 fully saturated rings. The number of rotatable bonds is 6. The Labute approximate surface area is 196 Å². The molecule has 0 atom stereocenters. The fourth-order valence-corrected chi connectivity index (χ4v) is 4.36. The molecule has 0 bridgehead atoms. The van der Waals surface area contributed by atoms with Gasteiger partial charge in [-0.3, -0.25) is 0 Å². The van der Waals surface area contributed by atoms with E-state index in [4.69, 9.17) is 0 Å². The second-order valence-corrected chi connectivity index (χ2v) is 9.12. The minimum atomic E-state index is -4.26. The summed E-state index contributed by atoms with van der Waals surface area (Å²) in [6.45, 7) is 0.335. The van der Waals surface area contributed by atoms with Crippen molar-refractivity contribution in [2.45, 2.75) is 13.0 Å². The molecule has 0 saturated heterocycles. The van der Waals surface area contributed by atoms with Gasteiger partial charge in [0.15, 0.2) is 0 Å². The Hall–Kier alpha value is -1.01. The van der Waals surface area contributed by atoms with Crippen molar-refractivity contribution in [1.29, 1.82) is 0 Å². The molecule has 3 aromatic rings. The molecule has 0 aliphatic carbocycles. The molecular weight excluding hydrogens is 477 g/mol. The Morgan fingerprint density at radius 3 is 2.75 bits per heavy atom. The fourth-order valence-electron chi connectivity index (χ4n) is 2.48. The number of aryl methyl sites for hydroxylation is 1. The summed E-state index contributed by atoms with van der Waals surface area (Å²) >= 11 is 4.74. The molecule has 1 N–H and O–H groups in total. The van der Waals surface area contributed by atoms with E-state index in [1.54, 1.807) is 18.2 Å². The molecule has 0 aliphatic heterocycles. The van der Waals surface area contributed by atoms with Gasteiger partial charge in [0.25, 0.3) is 0 Å². The number of halogens is 1. The molecule has 1 aromatic heterocycles. The van der Waals surface area contributed by atoms with Gasteiger partial charge in [-0.25, -0.2) is 8.42 Å². The monoisotopic (exact) mass is 491 g/mol. The minimum Gasteiger partial charge on any atom is -0.748 e. The maximum absolute atomic E-state index is 10.9. The number of fused-ring (bicyclic) bond motifs is 1. The summed E-state index contributed by atoms with van der Waals surface area (Å²) in [5, 5.41) is 18.1. The predicted molar refractivity (Wildman–Crippen MR) is 108 cm³/mol. The summed E-state index contributed by atoms with van der Waals surface area (Å²) in [7, 11) is -4.26. The SMILES string of the molecule is O=S(=O)([O-])CCCn1/c(=N/N=C/c2cc(Br)ccc2O)sc2ccccc21.[Na+]. The first-order valence-electron chi connectivity index (χ1n) is 7.91. The zero-order valence-corrected chi connectivity index (χ0v) is 20.2. The van der Waals surface area contributed by atoms with Crippen LogP contribution in [0.15, 0.2) is 57.1 Å². The van der Waals surface area contributed by atoms with Crippen molar-refractivity contribution < 1.29 is 47.6 Å². The van der Waals surface area contributed by atoms with E-state index in [0.29, 0.717) is 16.9 Å². The number of phenolic OH excluding ortho intramolecular Hbond substituents is 1. The summed E-state index contributed by atoms with van der Waals surface area (Å²) in [5.41, 5.74) is 1.41. The summed E-state index contributed by atoms with van der Waals surface area (Å²) in [6, 6.07) is 12.6. The fraction of sp³-hybridized carbons (Fsp3) is 0.176. The minimum absolute atomic E-state index is 0. The molecule has 3 rings (SSSR count). The molecule has 0 spiro atoms. The van der Waals surface area contributed by atoms with E-state index in [9.17, 15) is 18.1 Å². The van der Waals surface area contributed by atoms with Gasteiger partial charge in [0.05, 0.1) is 26.5 Å². The maximum Gasteiger partial charge on any atom is 1.00 e. The van der Waals surface area contributed by atoms with Crippen molar-refractivity contribution in [2.75, 3.05) is 5.75 Å². The molecule has 0 unspecified atom stereocenters. The van der Waals surface area contributed by atoms with E-state index >= 15 is 0 Å². The first kappa shape index (κ1) is 23.3. The van der Waals surface area contributed by atoms with Crippen molar-refractivity contribution in [3.8, 4) is 5.75 Å². The summed E-state index contributed by atoms with van der Waals surface area (Å²) in [6.07, 6.45) is 1.63. The Kier molecular flexibility index (Phi) is 8.44. The van der Waals surface area contributed by atoms with Gasteiger partial charge in [-0.15, -0.1) is 5.10 Å². The average molecular weight is 492 g/mol. The second kappa shape index (κ2) is 10.1. The number of hydrogen-bond donors (Lipinski definition) is 1. The maximum atomic E-state index is 10.9. The third-order valence-electron chi connectivity index (χ3n) is 3.69. The van der Waals surface area contributed by atoms with E-state index in [1.165, 1.54) is 17.6 Å². The number of thiazole rings is 1. The Morgan fingerprint density at radius 2 is 2.00 bits per heavy atom. The van der Waals surface area contributed by atoms with Gasteiger partial charge >= 0.3 is 29.6 Å². The number of nitrogens with zero attached hydrogens (tertiary/aromatic N) is 3. The van der Waals surface area contributed by atoms with Gasteiger partial charge in [-0.1, -0.05) is 39.4 Å². The largest absolute Gasteiger partial charge is 1.00 e. The van der Waals surface area contributed by atoms with Crippen molar-refractivity contribution in [3.63, 3.8) is 0 Å². The van der Waals surface area contributed by atoms with E-state index in [1.807, 2.05) is 28.8 Å². The molecule has 28 heavy (non-hydrogen) atoms. The van der Waals surface area contributed by atoms with E-state index in [-0.39, 0.29) is 41.7 Å². The van der Waals surface area contributed by atoms with Gasteiger partial charge in [0.2, 0.25) is 4.80 Å². The van der Waals surface area contributed by atoms with Gasteiger partial charge in [0, 0.05) is 22.3 Å². The van der Waals surface area contributed by atoms with Crippen LogP contribution in [0.1, 0.15) is 12.0 Å². The van der Waals surface area contributed by atoms with Crippen LogP contribution in [-0.4, -0.2) is 34.6 Å². The number of aromatic nitrogens is 1. The summed E-state index contributed by atoms with van der Waals surface area (Å²) in [4.78, 5) is 0.574. The standard InChI is InChI=1S/C17H16BrN3O4S2.Na/c18-13-6-7-15(22)12(10-13)11-19-20-17-21(8-3-9-27(23,24)25)14-4-1-2-5-16(14)26-17;/h1-2,4-7,10-11,22H,3,8-9H2,(H,23,24,25);/q;+1/p-1/b19-11+,20-17-;. The zero-order chi connectivity index (χ0) is 19.4. The van der Waals surface area contributed by atoms with E-state index < -0.39 is 15.9 Å². The molecule has 1 heterocycles. The number of aromatic hydroxyl groups is 1. The summed E-state index contributed by atoms with van der Waals surface area (Å²) < 4.78 is 36.2. The summed E-state index contributed by atoms with van der Waals surface area (Å²) in [5.74, 6) is -0.347. The topological polar surface area (TPSA) is 107 Å². The zero-order valence-electron chi connectivity index (χ0n) is 14.9. The molecular formula is C17H15BrN3NaO4S2. The van der Waals surface area contributed by atoms with Gasteiger partial charge in [-0.2, -0.15) is 5.10 Å². The van der Waals surface area contributed by atoms with Crippen molar-refractivity contribution in [2.24, 2.45) is 10.2 Å². The van der Waals surface area contributed by atoms with Gasteiger partial charge < -0.3 is 14.2 Å². The van der Waals surface area contributed by atoms with Crippen LogP contribution in [0.2, 0.25) is 0 Å². The van der Waals surface area contributed by atoms with Crippen LogP contribution in [0.25, 0.3) is 10.2 Å². The van der Waals surface area contributed by atoms with Crippen LogP contribution in [-0.2, 0) is 16.7 Å². The number of phenols is 1. The van der Waals surface area contributed by atoms with Crippen molar-refractivity contribution in [1.82, 2.24) is 4.57 Å². The van der Waals surface area contributed by atoms with Crippen LogP contribution in [0.3, 0.4) is 0 Å². The van der Waals surface area contributed by atoms with Crippen LogP contribution in [0, 0.1) is 0 Å². The van der Waals surface area contributed by atoms with E-state index in [0.717, 1.165) is 14.7 Å². The average Bonchev–Trinajstić information content (AvgIpc) is 2.95. The molecule has 0 radical (unpaired) electrons. The second-order valence-electron chi connectivity index (χ2n) is 5.67. The van der Waals surface area contributed by atoms with Crippen molar-refractivity contribution in [3.05, 3.63) is 57.3 Å². The molecule has 142 valence electrons. The molecule has 0 saturated carbocycles. The third-order valence-corrected chi connectivity index (χ3v) is 6.03. The molecule has 0 amide bonds. The number of hydrogen-bond acceptors (Lipinski definition) is 7. The van der Waals surface area contributed by atoms with Crippen LogP contribution in [0.4, 0.5) is 0 Å². The van der Waals surface area contributed by atoms with Gasteiger partial charge in [-0.05, 0) is 36.8 Å². The Bertz CT molecular complexity index is 1170. The van der Waals surface area contributed by atoms with E-state index in [2.05, 4.69) is 26.1 Å². The first-order chi connectivity index (χ1) is 12.8. The van der Waals surface area contributed by atoms with Crippen LogP contribution in [0.5, 0.6) is 5.75 Å². The Morgan fingerprint density at radius 1 is 1.25 bits per heavy atom. The first-order valence-corrected chi connectivity index (χ1v) is 11.1. The molecule has 7 nitrogen and oxygen atoms in total. The molecule has 11 heteroatoms. The quantitative estimate of drug-likeness (QED) is 0.227. The Balaban J connectivity index is 0.00000280. The number of para-hydroxylation sites is 1. The van der Waals surface area contributed by atoms with Crippen LogP contribution < -0.4 is 34.4 Å².